The minimum absolute atomic E-state index is 0.0283. The molecule has 0 atom stereocenters. The van der Waals surface area contributed by atoms with E-state index in [0.29, 0.717) is 6.29 Å². The van der Waals surface area contributed by atoms with E-state index in [1.165, 1.54) is 6.07 Å². The van der Waals surface area contributed by atoms with Gasteiger partial charge in [0.2, 0.25) is 0 Å². The lowest BCUT2D eigenvalue weighted by Crippen LogP contribution is -2.11. The lowest BCUT2D eigenvalue weighted by atomic mass is 9.96. The number of hydrogen-bond donors (Lipinski definition) is 0. The summed E-state index contributed by atoms with van der Waals surface area (Å²) in [6.07, 6.45) is -2.92. The molecule has 1 aromatic carbocycles. The van der Waals surface area contributed by atoms with Gasteiger partial charge in [-0.25, -0.2) is 8.78 Å². The molecule has 0 heterocycles. The summed E-state index contributed by atoms with van der Waals surface area (Å²) in [5.74, 6) is -0.695. The third-order valence-electron chi connectivity index (χ3n) is 2.42. The Morgan fingerprint density at radius 3 is 2.68 bits per heavy atom. The van der Waals surface area contributed by atoms with E-state index in [0.717, 1.165) is 6.07 Å². The maximum Gasteiger partial charge on any atom is 0.310 e. The summed E-state index contributed by atoms with van der Waals surface area (Å²) in [4.78, 5) is 22.0. The molecule has 4 nitrogen and oxygen atoms in total. The van der Waals surface area contributed by atoms with Gasteiger partial charge in [-0.15, -0.1) is 0 Å². The first-order valence-corrected chi connectivity index (χ1v) is 5.49. The Bertz CT molecular complexity index is 535. The van der Waals surface area contributed by atoms with Crippen LogP contribution in [0.25, 0.3) is 0 Å². The summed E-state index contributed by atoms with van der Waals surface area (Å²) < 4.78 is 30.5. The molecule has 0 bridgehead atoms. The minimum Gasteiger partial charge on any atom is -0.466 e. The first kappa shape index (κ1) is 14.8. The van der Waals surface area contributed by atoms with E-state index in [2.05, 4.69) is 4.74 Å². The monoisotopic (exact) mass is 267 g/mol. The van der Waals surface area contributed by atoms with Crippen molar-refractivity contribution >= 4 is 12.3 Å². The van der Waals surface area contributed by atoms with Crippen LogP contribution in [-0.2, 0) is 16.0 Å². The Balaban J connectivity index is 3.30. The molecule has 0 aliphatic heterocycles. The molecule has 0 saturated heterocycles. The molecule has 0 radical (unpaired) electrons. The Morgan fingerprint density at radius 2 is 2.21 bits per heavy atom. The molecule has 0 aromatic heterocycles. The number of aldehydes is 1. The van der Waals surface area contributed by atoms with Crippen LogP contribution < -0.4 is 0 Å². The number of alkyl halides is 2. The second-order valence-corrected chi connectivity index (χ2v) is 3.65. The number of esters is 1. The zero-order valence-corrected chi connectivity index (χ0v) is 10.2. The normalized spacial score (nSPS) is 10.1. The van der Waals surface area contributed by atoms with Crippen molar-refractivity contribution in [2.75, 3.05) is 6.61 Å². The third kappa shape index (κ3) is 3.58. The van der Waals surface area contributed by atoms with Gasteiger partial charge in [0.15, 0.2) is 0 Å². The Kier molecular flexibility index (Phi) is 5.12. The molecule has 0 aliphatic rings. The highest BCUT2D eigenvalue weighted by Gasteiger charge is 2.20. The molecule has 100 valence electrons. The maximum absolute atomic E-state index is 12.9. The van der Waals surface area contributed by atoms with Gasteiger partial charge in [-0.3, -0.25) is 9.59 Å². The van der Waals surface area contributed by atoms with Gasteiger partial charge in [0.1, 0.15) is 6.29 Å². The average molecular weight is 267 g/mol. The molecule has 0 amide bonds. The first-order valence-electron chi connectivity index (χ1n) is 5.49. The Labute approximate surface area is 108 Å². The number of nitriles is 1. The van der Waals surface area contributed by atoms with Gasteiger partial charge in [-0.2, -0.15) is 5.26 Å². The topological polar surface area (TPSA) is 67.2 Å². The molecule has 0 N–H and O–H groups in total. The largest absolute Gasteiger partial charge is 0.466 e. The molecular weight excluding hydrogens is 256 g/mol. The Morgan fingerprint density at radius 1 is 1.53 bits per heavy atom. The van der Waals surface area contributed by atoms with Gasteiger partial charge >= 0.3 is 5.97 Å². The van der Waals surface area contributed by atoms with Crippen LogP contribution in [0, 0.1) is 11.3 Å². The van der Waals surface area contributed by atoms with E-state index in [-0.39, 0.29) is 23.3 Å². The van der Waals surface area contributed by atoms with E-state index < -0.39 is 24.4 Å². The lowest BCUT2D eigenvalue weighted by Gasteiger charge is -2.11. The predicted molar refractivity (Wildman–Crippen MR) is 61.8 cm³/mol. The summed E-state index contributed by atoms with van der Waals surface area (Å²) >= 11 is 0. The van der Waals surface area contributed by atoms with Crippen molar-refractivity contribution in [2.24, 2.45) is 0 Å². The number of benzene rings is 1. The Hall–Kier alpha value is -2.29. The number of ether oxygens (including phenoxy) is 1. The SMILES string of the molecule is CCOC(=O)Cc1c(C#N)cc(C=O)cc1C(F)F. The molecule has 0 spiro atoms. The summed E-state index contributed by atoms with van der Waals surface area (Å²) in [6.45, 7) is 1.71. The third-order valence-corrected chi connectivity index (χ3v) is 2.42. The van der Waals surface area contributed by atoms with Crippen molar-refractivity contribution in [3.05, 3.63) is 34.4 Å². The van der Waals surface area contributed by atoms with Gasteiger partial charge in [0.05, 0.1) is 24.7 Å². The molecular formula is C13H11F2NO3. The molecule has 1 aromatic rings. The van der Waals surface area contributed by atoms with E-state index in [4.69, 9.17) is 5.26 Å². The predicted octanol–water partition coefficient (Wildman–Crippen LogP) is 2.41. The van der Waals surface area contributed by atoms with Crippen molar-refractivity contribution < 1.29 is 23.1 Å². The number of hydrogen-bond acceptors (Lipinski definition) is 4. The van der Waals surface area contributed by atoms with E-state index in [1.54, 1.807) is 13.0 Å². The standard InChI is InChI=1S/C13H11F2NO3/c1-2-19-12(18)5-10-9(6-16)3-8(7-17)4-11(10)13(14)15/h3-4,7,13H,2,5H2,1H3. The molecule has 0 fully saturated rings. The van der Waals surface area contributed by atoms with Crippen LogP contribution in [-0.4, -0.2) is 18.9 Å². The van der Waals surface area contributed by atoms with Gasteiger partial charge < -0.3 is 4.74 Å². The maximum atomic E-state index is 12.9. The number of nitrogens with zero attached hydrogens (tertiary/aromatic N) is 1. The number of carbonyl (C=O) groups is 2. The molecule has 6 heteroatoms. The van der Waals surface area contributed by atoms with E-state index in [1.807, 2.05) is 0 Å². The van der Waals surface area contributed by atoms with E-state index in [9.17, 15) is 18.4 Å². The van der Waals surface area contributed by atoms with Crippen molar-refractivity contribution in [1.82, 2.24) is 0 Å². The lowest BCUT2D eigenvalue weighted by molar-refractivity contribution is -0.142. The van der Waals surface area contributed by atoms with Crippen molar-refractivity contribution in [3.63, 3.8) is 0 Å². The summed E-state index contributed by atoms with van der Waals surface area (Å²) in [6, 6.07) is 3.87. The fourth-order valence-corrected chi connectivity index (χ4v) is 1.63. The number of halogens is 2. The second-order valence-electron chi connectivity index (χ2n) is 3.65. The van der Waals surface area contributed by atoms with Crippen molar-refractivity contribution in [3.8, 4) is 6.07 Å². The van der Waals surface area contributed by atoms with Gasteiger partial charge in [0, 0.05) is 11.1 Å². The smallest absolute Gasteiger partial charge is 0.310 e. The van der Waals surface area contributed by atoms with Crippen LogP contribution in [0.4, 0.5) is 8.78 Å². The van der Waals surface area contributed by atoms with Crippen LogP contribution in [0.2, 0.25) is 0 Å². The first-order chi connectivity index (χ1) is 9.03. The minimum atomic E-state index is -2.88. The van der Waals surface area contributed by atoms with E-state index >= 15 is 0 Å². The summed E-state index contributed by atoms with van der Waals surface area (Å²) in [7, 11) is 0. The zero-order valence-electron chi connectivity index (χ0n) is 10.2. The van der Waals surface area contributed by atoms with Crippen LogP contribution in [0.5, 0.6) is 0 Å². The van der Waals surface area contributed by atoms with Crippen molar-refractivity contribution in [2.45, 2.75) is 19.8 Å². The van der Waals surface area contributed by atoms with Crippen LogP contribution in [0.1, 0.15) is 40.4 Å². The summed E-state index contributed by atoms with van der Waals surface area (Å²) in [5, 5.41) is 8.92. The quantitative estimate of drug-likeness (QED) is 0.607. The highest BCUT2D eigenvalue weighted by molar-refractivity contribution is 5.79. The molecule has 0 unspecified atom stereocenters. The number of rotatable bonds is 5. The average Bonchev–Trinajstić information content (AvgIpc) is 2.38. The van der Waals surface area contributed by atoms with Gasteiger partial charge in [-0.1, -0.05) is 0 Å². The fraction of sp³-hybridized carbons (Fsp3) is 0.308. The molecule has 1 rings (SSSR count). The van der Waals surface area contributed by atoms with Gasteiger partial charge in [-0.05, 0) is 24.6 Å². The summed E-state index contributed by atoms with van der Waals surface area (Å²) in [5.41, 5.74) is -0.733. The fourth-order valence-electron chi connectivity index (χ4n) is 1.63. The van der Waals surface area contributed by atoms with Crippen molar-refractivity contribution in [1.29, 1.82) is 5.26 Å². The molecule has 0 aliphatic carbocycles. The van der Waals surface area contributed by atoms with Crippen LogP contribution in [0.3, 0.4) is 0 Å². The number of carbonyl (C=O) groups excluding carboxylic acids is 2. The van der Waals surface area contributed by atoms with Crippen LogP contribution >= 0.6 is 0 Å². The second kappa shape index (κ2) is 6.59. The van der Waals surface area contributed by atoms with Crippen LogP contribution in [0.15, 0.2) is 12.1 Å². The highest BCUT2D eigenvalue weighted by atomic mass is 19.3. The molecule has 0 saturated carbocycles. The highest BCUT2D eigenvalue weighted by Crippen LogP contribution is 2.27. The molecule has 19 heavy (non-hydrogen) atoms. The van der Waals surface area contributed by atoms with Gasteiger partial charge in [0.25, 0.3) is 6.43 Å². The zero-order chi connectivity index (χ0) is 14.4.